The molecule has 0 fully saturated rings. The molecule has 5 nitrogen and oxygen atoms in total. The highest BCUT2D eigenvalue weighted by Gasteiger charge is 2.22. The van der Waals surface area contributed by atoms with Gasteiger partial charge in [0, 0.05) is 0 Å². The number of thiol groups is 1. The van der Waals surface area contributed by atoms with Gasteiger partial charge in [0.15, 0.2) is 0 Å². The van der Waals surface area contributed by atoms with Gasteiger partial charge in [-0.2, -0.15) is 12.6 Å². The average molecular weight is 240 g/mol. The number of amides is 1. The summed E-state index contributed by atoms with van der Waals surface area (Å²) in [4.78, 5) is 25.7. The molecule has 86 valence electrons. The van der Waals surface area contributed by atoms with Gasteiger partial charge in [0.2, 0.25) is 5.91 Å². The lowest BCUT2D eigenvalue weighted by Gasteiger charge is -2.16. The van der Waals surface area contributed by atoms with Gasteiger partial charge in [-0.3, -0.25) is 4.79 Å². The van der Waals surface area contributed by atoms with Crippen LogP contribution in [0.15, 0.2) is 18.3 Å². The molecule has 0 saturated carbocycles. The van der Waals surface area contributed by atoms with Crippen LogP contribution in [0.2, 0.25) is 0 Å². The number of carbonyl (C=O) groups excluding carboxylic acids is 1. The van der Waals surface area contributed by atoms with Crippen molar-refractivity contribution in [3.63, 3.8) is 0 Å². The summed E-state index contributed by atoms with van der Waals surface area (Å²) in [6, 6.07) is 2.80. The van der Waals surface area contributed by atoms with Gasteiger partial charge < -0.3 is 10.4 Å². The molecule has 1 amide bonds. The molecular formula is C10H12N2O3S. The summed E-state index contributed by atoms with van der Waals surface area (Å²) >= 11 is 4.11. The highest BCUT2D eigenvalue weighted by atomic mass is 32.1. The number of nitrogens with one attached hydrogen (secondary N) is 1. The Bertz CT molecular complexity index is 409. The zero-order chi connectivity index (χ0) is 12.3. The molecular weight excluding hydrogens is 228 g/mol. The van der Waals surface area contributed by atoms with Gasteiger partial charge in [0.05, 0.1) is 16.6 Å². The Kier molecular flexibility index (Phi) is 3.54. The van der Waals surface area contributed by atoms with E-state index < -0.39 is 10.7 Å². The van der Waals surface area contributed by atoms with Crippen molar-refractivity contribution < 1.29 is 14.7 Å². The first-order valence-corrected chi connectivity index (χ1v) is 4.98. The third kappa shape index (κ3) is 3.23. The SMILES string of the molecule is CC(C)(S)C(=O)Nc1ccc(C(=O)O)nc1. The zero-order valence-corrected chi connectivity index (χ0v) is 9.78. The maximum atomic E-state index is 11.5. The summed E-state index contributed by atoms with van der Waals surface area (Å²) < 4.78 is -0.800. The molecule has 0 radical (unpaired) electrons. The van der Waals surface area contributed by atoms with Crippen LogP contribution in [-0.2, 0) is 4.79 Å². The molecule has 0 unspecified atom stereocenters. The van der Waals surface area contributed by atoms with Crippen molar-refractivity contribution in [3.05, 3.63) is 24.0 Å². The fourth-order valence-corrected chi connectivity index (χ4v) is 0.934. The van der Waals surface area contributed by atoms with Gasteiger partial charge in [0.1, 0.15) is 5.69 Å². The number of hydrogen-bond donors (Lipinski definition) is 3. The molecule has 0 spiro atoms. The summed E-state index contributed by atoms with van der Waals surface area (Å²) in [5.41, 5.74) is 0.375. The maximum Gasteiger partial charge on any atom is 0.354 e. The number of anilines is 1. The van der Waals surface area contributed by atoms with Gasteiger partial charge in [-0.05, 0) is 26.0 Å². The summed E-state index contributed by atoms with van der Waals surface area (Å²) in [7, 11) is 0. The Morgan fingerprint density at radius 3 is 2.44 bits per heavy atom. The van der Waals surface area contributed by atoms with Crippen LogP contribution >= 0.6 is 12.6 Å². The summed E-state index contributed by atoms with van der Waals surface area (Å²) in [5, 5.41) is 11.2. The van der Waals surface area contributed by atoms with E-state index >= 15 is 0 Å². The van der Waals surface area contributed by atoms with Gasteiger partial charge in [-0.15, -0.1) is 0 Å². The van der Waals surface area contributed by atoms with Crippen molar-refractivity contribution in [2.24, 2.45) is 0 Å². The Labute approximate surface area is 98.3 Å². The first kappa shape index (κ1) is 12.5. The number of aromatic carboxylic acids is 1. The lowest BCUT2D eigenvalue weighted by atomic mass is 10.2. The Morgan fingerprint density at radius 1 is 1.44 bits per heavy atom. The number of carboxylic acids is 1. The van der Waals surface area contributed by atoms with Crippen LogP contribution in [-0.4, -0.2) is 26.7 Å². The van der Waals surface area contributed by atoms with E-state index in [1.807, 2.05) is 0 Å². The number of pyridine rings is 1. The smallest absolute Gasteiger partial charge is 0.354 e. The average Bonchev–Trinajstić information content (AvgIpc) is 2.17. The minimum absolute atomic E-state index is 0.0665. The predicted molar refractivity (Wildman–Crippen MR) is 62.9 cm³/mol. The van der Waals surface area contributed by atoms with Crippen molar-refractivity contribution in [3.8, 4) is 0 Å². The molecule has 0 aliphatic rings. The second kappa shape index (κ2) is 4.52. The molecule has 1 aromatic rings. The van der Waals surface area contributed by atoms with E-state index in [1.54, 1.807) is 13.8 Å². The normalized spacial score (nSPS) is 10.9. The first-order chi connectivity index (χ1) is 7.30. The highest BCUT2D eigenvalue weighted by Crippen LogP contribution is 2.15. The van der Waals surface area contributed by atoms with Crippen molar-refractivity contribution in [2.45, 2.75) is 18.6 Å². The van der Waals surface area contributed by atoms with Crippen molar-refractivity contribution in [1.29, 1.82) is 0 Å². The monoisotopic (exact) mass is 240 g/mol. The molecule has 1 rings (SSSR count). The molecule has 0 aromatic carbocycles. The highest BCUT2D eigenvalue weighted by molar-refractivity contribution is 7.82. The summed E-state index contributed by atoms with van der Waals surface area (Å²) in [6.07, 6.45) is 1.29. The zero-order valence-electron chi connectivity index (χ0n) is 8.89. The molecule has 0 atom stereocenters. The van der Waals surface area contributed by atoms with Crippen molar-refractivity contribution >= 4 is 30.2 Å². The Morgan fingerprint density at radius 2 is 2.06 bits per heavy atom. The van der Waals surface area contributed by atoms with E-state index in [0.717, 1.165) is 0 Å². The van der Waals surface area contributed by atoms with Crippen LogP contribution in [0.1, 0.15) is 24.3 Å². The van der Waals surface area contributed by atoms with Crippen LogP contribution in [0.4, 0.5) is 5.69 Å². The van der Waals surface area contributed by atoms with Crippen LogP contribution < -0.4 is 5.32 Å². The van der Waals surface area contributed by atoms with Gasteiger partial charge in [-0.25, -0.2) is 9.78 Å². The number of aromatic nitrogens is 1. The third-order valence-corrected chi connectivity index (χ3v) is 2.00. The largest absolute Gasteiger partial charge is 0.477 e. The molecule has 1 aromatic heterocycles. The molecule has 1 heterocycles. The first-order valence-electron chi connectivity index (χ1n) is 4.54. The number of rotatable bonds is 3. The predicted octanol–water partition coefficient (Wildman–Crippen LogP) is 1.43. The molecule has 0 saturated heterocycles. The molecule has 2 N–H and O–H groups in total. The fourth-order valence-electron chi connectivity index (χ4n) is 0.878. The van der Waals surface area contributed by atoms with E-state index in [9.17, 15) is 9.59 Å². The standard InChI is InChI=1S/C10H12N2O3S/c1-10(2,16)9(15)12-6-3-4-7(8(13)14)11-5-6/h3-5,16H,1-2H3,(H,12,15)(H,13,14). The minimum Gasteiger partial charge on any atom is -0.477 e. The van der Waals surface area contributed by atoms with Crippen LogP contribution in [0.3, 0.4) is 0 Å². The van der Waals surface area contributed by atoms with Crippen LogP contribution in [0, 0.1) is 0 Å². The van der Waals surface area contributed by atoms with E-state index in [4.69, 9.17) is 5.11 Å². The van der Waals surface area contributed by atoms with Gasteiger partial charge >= 0.3 is 5.97 Å². The number of carbonyl (C=O) groups is 2. The third-order valence-electron chi connectivity index (χ3n) is 1.80. The van der Waals surface area contributed by atoms with Gasteiger partial charge in [0.25, 0.3) is 0 Å². The second-order valence-corrected chi connectivity index (χ2v) is 4.87. The summed E-state index contributed by atoms with van der Waals surface area (Å²) in [6.45, 7) is 3.31. The van der Waals surface area contributed by atoms with Gasteiger partial charge in [-0.1, -0.05) is 0 Å². The van der Waals surface area contributed by atoms with E-state index in [1.165, 1.54) is 18.3 Å². The van der Waals surface area contributed by atoms with Crippen LogP contribution in [0.25, 0.3) is 0 Å². The lowest BCUT2D eigenvalue weighted by Crippen LogP contribution is -2.31. The Hall–Kier alpha value is -1.56. The van der Waals surface area contributed by atoms with E-state index in [2.05, 4.69) is 22.9 Å². The number of nitrogens with zero attached hydrogens (tertiary/aromatic N) is 1. The quantitative estimate of drug-likeness (QED) is 0.698. The van der Waals surface area contributed by atoms with Crippen molar-refractivity contribution in [1.82, 2.24) is 4.98 Å². The summed E-state index contributed by atoms with van der Waals surface area (Å²) in [5.74, 6) is -1.38. The molecule has 16 heavy (non-hydrogen) atoms. The molecule has 0 bridgehead atoms. The number of carboxylic acid groups (broad SMARTS) is 1. The molecule has 0 aliphatic heterocycles. The molecule has 6 heteroatoms. The fraction of sp³-hybridized carbons (Fsp3) is 0.300. The number of hydrogen-bond acceptors (Lipinski definition) is 4. The van der Waals surface area contributed by atoms with E-state index in [-0.39, 0.29) is 11.6 Å². The lowest BCUT2D eigenvalue weighted by molar-refractivity contribution is -0.117. The molecule has 0 aliphatic carbocycles. The van der Waals surface area contributed by atoms with Crippen molar-refractivity contribution in [2.75, 3.05) is 5.32 Å². The maximum absolute atomic E-state index is 11.5. The minimum atomic E-state index is -1.10. The van der Waals surface area contributed by atoms with Crippen LogP contribution in [0.5, 0.6) is 0 Å². The Balaban J connectivity index is 2.77. The van der Waals surface area contributed by atoms with E-state index in [0.29, 0.717) is 5.69 Å². The topological polar surface area (TPSA) is 79.3 Å². The second-order valence-electron chi connectivity index (χ2n) is 3.75.